The van der Waals surface area contributed by atoms with Gasteiger partial charge in [0.15, 0.2) is 9.84 Å². The maximum Gasteiger partial charge on any atom is 0.224 e. The Bertz CT molecular complexity index is 558. The monoisotopic (exact) mass is 302 g/mol. The average Bonchev–Trinajstić information content (AvgIpc) is 2.83. The highest BCUT2D eigenvalue weighted by Crippen LogP contribution is 2.19. The smallest absolute Gasteiger partial charge is 0.224 e. The predicted octanol–water partition coefficient (Wildman–Crippen LogP) is 0.853. The van der Waals surface area contributed by atoms with Crippen molar-refractivity contribution in [1.82, 2.24) is 10.3 Å². The summed E-state index contributed by atoms with van der Waals surface area (Å²) in [5.74, 6) is -0.389. The van der Waals surface area contributed by atoms with Crippen molar-refractivity contribution in [2.75, 3.05) is 18.1 Å². The molecule has 2 rings (SSSR count). The molecule has 1 saturated heterocycles. The van der Waals surface area contributed by atoms with Crippen molar-refractivity contribution >= 4 is 27.1 Å². The first kappa shape index (κ1) is 14.5. The van der Waals surface area contributed by atoms with E-state index in [1.807, 2.05) is 13.8 Å². The van der Waals surface area contributed by atoms with Crippen LogP contribution in [0.3, 0.4) is 0 Å². The second-order valence-corrected chi connectivity index (χ2v) is 8.41. The maximum absolute atomic E-state index is 11.8. The molecule has 0 saturated carbocycles. The van der Waals surface area contributed by atoms with Crippen molar-refractivity contribution in [3.05, 3.63) is 15.6 Å². The van der Waals surface area contributed by atoms with Crippen molar-refractivity contribution in [1.29, 1.82) is 0 Å². The number of aromatic nitrogens is 1. The third kappa shape index (κ3) is 3.76. The van der Waals surface area contributed by atoms with Crippen LogP contribution in [-0.2, 0) is 21.1 Å². The number of carbonyl (C=O) groups excluding carboxylic acids is 1. The fraction of sp³-hybridized carbons (Fsp3) is 0.667. The molecule has 0 aliphatic carbocycles. The highest BCUT2D eigenvalue weighted by molar-refractivity contribution is 7.91. The van der Waals surface area contributed by atoms with Crippen LogP contribution in [0.1, 0.15) is 22.0 Å². The molecule has 1 aliphatic heterocycles. The molecule has 1 aromatic heterocycles. The first-order valence-electron chi connectivity index (χ1n) is 6.28. The van der Waals surface area contributed by atoms with Crippen LogP contribution in [-0.4, -0.2) is 37.4 Å². The molecule has 1 unspecified atom stereocenters. The highest BCUT2D eigenvalue weighted by atomic mass is 32.2. The molecule has 0 radical (unpaired) electrons. The summed E-state index contributed by atoms with van der Waals surface area (Å²) in [5, 5.41) is 3.81. The number of thiazole rings is 1. The van der Waals surface area contributed by atoms with Crippen molar-refractivity contribution < 1.29 is 13.2 Å². The average molecular weight is 302 g/mol. The minimum atomic E-state index is -2.99. The standard InChI is InChI=1S/C12H18N2O3S2/c1-8-9(2)18-11(14-8)3-5-13-12(15)10-4-6-19(16,17)7-10/h10H,3-7H2,1-2H3,(H,13,15). The van der Waals surface area contributed by atoms with Gasteiger partial charge in [-0.2, -0.15) is 0 Å². The van der Waals surface area contributed by atoms with Crippen LogP contribution in [0.5, 0.6) is 0 Å². The topological polar surface area (TPSA) is 76.1 Å². The van der Waals surface area contributed by atoms with Gasteiger partial charge in [0.1, 0.15) is 0 Å². The Labute approximate surface area is 117 Å². The van der Waals surface area contributed by atoms with Crippen LogP contribution in [0.4, 0.5) is 0 Å². The summed E-state index contributed by atoms with van der Waals surface area (Å²) in [6.07, 6.45) is 1.15. The Morgan fingerprint density at radius 1 is 1.47 bits per heavy atom. The van der Waals surface area contributed by atoms with E-state index in [0.717, 1.165) is 10.7 Å². The fourth-order valence-electron chi connectivity index (χ4n) is 2.08. The Morgan fingerprint density at radius 3 is 2.74 bits per heavy atom. The second kappa shape index (κ2) is 5.58. The Kier molecular flexibility index (Phi) is 4.25. The van der Waals surface area contributed by atoms with Gasteiger partial charge in [0.05, 0.1) is 28.1 Å². The molecule has 1 amide bonds. The number of sulfone groups is 1. The lowest BCUT2D eigenvalue weighted by atomic mass is 10.1. The molecule has 1 fully saturated rings. The quantitative estimate of drug-likeness (QED) is 0.895. The van der Waals surface area contributed by atoms with E-state index in [2.05, 4.69) is 10.3 Å². The van der Waals surface area contributed by atoms with E-state index < -0.39 is 9.84 Å². The fourth-order valence-corrected chi connectivity index (χ4v) is 4.76. The Hall–Kier alpha value is -0.950. The van der Waals surface area contributed by atoms with Crippen LogP contribution in [0.15, 0.2) is 0 Å². The number of hydrogen-bond acceptors (Lipinski definition) is 5. The summed E-state index contributed by atoms with van der Waals surface area (Å²) in [5.41, 5.74) is 1.04. The molecular formula is C12H18N2O3S2. The van der Waals surface area contributed by atoms with Gasteiger partial charge >= 0.3 is 0 Å². The number of rotatable bonds is 4. The Morgan fingerprint density at radius 2 is 2.21 bits per heavy atom. The summed E-state index contributed by atoms with van der Waals surface area (Å²) >= 11 is 1.64. The van der Waals surface area contributed by atoms with Gasteiger partial charge in [0.25, 0.3) is 0 Å². The largest absolute Gasteiger partial charge is 0.355 e. The van der Waals surface area contributed by atoms with Crippen molar-refractivity contribution in [2.24, 2.45) is 5.92 Å². The molecule has 5 nitrogen and oxygen atoms in total. The SMILES string of the molecule is Cc1nc(CCNC(=O)C2CCS(=O)(=O)C2)sc1C. The maximum atomic E-state index is 11.8. The Balaban J connectivity index is 1.78. The van der Waals surface area contributed by atoms with E-state index in [9.17, 15) is 13.2 Å². The minimum absolute atomic E-state index is 0.00565. The zero-order valence-corrected chi connectivity index (χ0v) is 12.7. The third-order valence-electron chi connectivity index (χ3n) is 3.31. The van der Waals surface area contributed by atoms with Gasteiger partial charge in [0, 0.05) is 17.8 Å². The number of amides is 1. The third-order valence-corrected chi connectivity index (χ3v) is 6.21. The molecule has 1 atom stereocenters. The minimum Gasteiger partial charge on any atom is -0.355 e. The van der Waals surface area contributed by atoms with Crippen molar-refractivity contribution in [2.45, 2.75) is 26.7 Å². The molecule has 19 heavy (non-hydrogen) atoms. The van der Waals surface area contributed by atoms with Gasteiger partial charge in [-0.1, -0.05) is 0 Å². The summed E-state index contributed by atoms with van der Waals surface area (Å²) in [6.45, 7) is 4.51. The van der Waals surface area contributed by atoms with E-state index in [0.29, 0.717) is 19.4 Å². The van der Waals surface area contributed by atoms with Crippen LogP contribution in [0, 0.1) is 19.8 Å². The molecule has 1 aliphatic rings. The number of nitrogens with one attached hydrogen (secondary N) is 1. The van der Waals surface area contributed by atoms with Crippen molar-refractivity contribution in [3.63, 3.8) is 0 Å². The molecule has 1 aromatic rings. The van der Waals surface area contributed by atoms with E-state index >= 15 is 0 Å². The lowest BCUT2D eigenvalue weighted by Gasteiger charge is -2.08. The van der Waals surface area contributed by atoms with Crippen LogP contribution in [0.2, 0.25) is 0 Å². The first-order valence-corrected chi connectivity index (χ1v) is 8.92. The zero-order valence-electron chi connectivity index (χ0n) is 11.1. The molecule has 1 N–H and O–H groups in total. The van der Waals surface area contributed by atoms with Gasteiger partial charge in [-0.05, 0) is 20.3 Å². The highest BCUT2D eigenvalue weighted by Gasteiger charge is 2.32. The van der Waals surface area contributed by atoms with E-state index in [-0.39, 0.29) is 23.3 Å². The molecule has 0 spiro atoms. The van der Waals surface area contributed by atoms with Gasteiger partial charge in [-0.3, -0.25) is 4.79 Å². The van der Waals surface area contributed by atoms with E-state index in [4.69, 9.17) is 0 Å². The normalized spacial score (nSPS) is 21.5. The second-order valence-electron chi connectivity index (χ2n) is 4.89. The predicted molar refractivity (Wildman–Crippen MR) is 75.1 cm³/mol. The molecule has 7 heteroatoms. The summed E-state index contributed by atoms with van der Waals surface area (Å²) in [7, 11) is -2.99. The lowest BCUT2D eigenvalue weighted by molar-refractivity contribution is -0.124. The first-order chi connectivity index (χ1) is 8.87. The van der Waals surface area contributed by atoms with Crippen molar-refractivity contribution in [3.8, 4) is 0 Å². The summed E-state index contributed by atoms with van der Waals surface area (Å²) < 4.78 is 22.6. The van der Waals surface area contributed by atoms with Gasteiger partial charge in [-0.15, -0.1) is 11.3 Å². The summed E-state index contributed by atoms with van der Waals surface area (Å²) in [4.78, 5) is 17.4. The number of nitrogens with zero attached hydrogens (tertiary/aromatic N) is 1. The molecule has 2 heterocycles. The number of hydrogen-bond donors (Lipinski definition) is 1. The van der Waals surface area contributed by atoms with Gasteiger partial charge in [0.2, 0.25) is 5.91 Å². The lowest BCUT2D eigenvalue weighted by Crippen LogP contribution is -2.32. The number of carbonyl (C=O) groups is 1. The zero-order chi connectivity index (χ0) is 14.0. The molecule has 0 bridgehead atoms. The molecular weight excluding hydrogens is 284 g/mol. The van der Waals surface area contributed by atoms with Gasteiger partial charge < -0.3 is 5.32 Å². The summed E-state index contributed by atoms with van der Waals surface area (Å²) in [6, 6.07) is 0. The van der Waals surface area contributed by atoms with Crippen LogP contribution < -0.4 is 5.32 Å². The van der Waals surface area contributed by atoms with E-state index in [1.165, 1.54) is 4.88 Å². The number of aryl methyl sites for hydroxylation is 2. The van der Waals surface area contributed by atoms with Crippen LogP contribution >= 0.6 is 11.3 Å². The molecule has 0 aromatic carbocycles. The van der Waals surface area contributed by atoms with E-state index in [1.54, 1.807) is 11.3 Å². The van der Waals surface area contributed by atoms with Gasteiger partial charge in [-0.25, -0.2) is 13.4 Å². The van der Waals surface area contributed by atoms with Crippen LogP contribution in [0.25, 0.3) is 0 Å². The molecule has 106 valence electrons.